The molecule has 8 heteroatoms. The Morgan fingerprint density at radius 3 is 2.74 bits per heavy atom. The number of fused-ring (bicyclic) bond motifs is 1. The fraction of sp³-hybridized carbons (Fsp3) is 0.304. The second-order valence-electron chi connectivity index (χ2n) is 7.62. The Bertz CT molecular complexity index is 1220. The molecule has 0 unspecified atom stereocenters. The van der Waals surface area contributed by atoms with Crippen molar-refractivity contribution in [1.29, 1.82) is 0 Å². The van der Waals surface area contributed by atoms with Gasteiger partial charge in [0.05, 0.1) is 17.3 Å². The molecule has 160 valence electrons. The maximum absolute atomic E-state index is 12.9. The number of benzene rings is 2. The summed E-state index contributed by atoms with van der Waals surface area (Å²) in [4.78, 5) is 41.7. The van der Waals surface area contributed by atoms with Gasteiger partial charge in [-0.1, -0.05) is 29.8 Å². The number of nitrogens with zero attached hydrogens (tertiary/aromatic N) is 2. The number of aromatic nitrogens is 2. The standard InChI is InChI=1S/C23H22ClN3O4/c1-14-6-7-15(12-18(14)24)25-21(28)13-31-22(29)11-10-20-26-19-5-3-2-4-17(19)23(30)27(20)16-8-9-16/h2-7,12,16H,8-11,13H2,1H3,(H,25,28). The fourth-order valence-electron chi connectivity index (χ4n) is 3.38. The Morgan fingerprint density at radius 1 is 1.23 bits per heavy atom. The molecule has 1 aliphatic carbocycles. The lowest BCUT2D eigenvalue weighted by Gasteiger charge is -2.12. The molecule has 1 fully saturated rings. The highest BCUT2D eigenvalue weighted by Crippen LogP contribution is 2.34. The number of esters is 1. The molecule has 31 heavy (non-hydrogen) atoms. The Hall–Kier alpha value is -3.19. The number of aryl methyl sites for hydroxylation is 2. The number of rotatable bonds is 7. The van der Waals surface area contributed by atoms with Crippen LogP contribution in [0.5, 0.6) is 0 Å². The van der Waals surface area contributed by atoms with Crippen molar-refractivity contribution < 1.29 is 14.3 Å². The van der Waals surface area contributed by atoms with E-state index in [0.29, 0.717) is 27.4 Å². The van der Waals surface area contributed by atoms with Crippen molar-refractivity contribution in [3.8, 4) is 0 Å². The molecule has 0 atom stereocenters. The first-order chi connectivity index (χ1) is 14.9. The van der Waals surface area contributed by atoms with Crippen molar-refractivity contribution in [3.05, 3.63) is 69.2 Å². The van der Waals surface area contributed by atoms with E-state index in [4.69, 9.17) is 16.3 Å². The molecule has 0 saturated heterocycles. The number of para-hydroxylation sites is 1. The van der Waals surface area contributed by atoms with Crippen LogP contribution in [0.3, 0.4) is 0 Å². The number of halogens is 1. The number of hydrogen-bond acceptors (Lipinski definition) is 5. The van der Waals surface area contributed by atoms with Gasteiger partial charge >= 0.3 is 5.97 Å². The predicted octanol–water partition coefficient (Wildman–Crippen LogP) is 3.81. The largest absolute Gasteiger partial charge is 0.456 e. The van der Waals surface area contributed by atoms with E-state index >= 15 is 0 Å². The van der Waals surface area contributed by atoms with E-state index < -0.39 is 18.5 Å². The summed E-state index contributed by atoms with van der Waals surface area (Å²) in [6.45, 7) is 1.47. The number of anilines is 1. The number of hydrogen-bond donors (Lipinski definition) is 1. The van der Waals surface area contributed by atoms with Gasteiger partial charge in [-0.05, 0) is 49.6 Å². The minimum absolute atomic E-state index is 0.0289. The summed E-state index contributed by atoms with van der Waals surface area (Å²) in [6, 6.07) is 12.5. The SMILES string of the molecule is Cc1ccc(NC(=O)COC(=O)CCc2nc3ccccc3c(=O)n2C2CC2)cc1Cl. The van der Waals surface area contributed by atoms with E-state index in [-0.39, 0.29) is 24.4 Å². The van der Waals surface area contributed by atoms with Gasteiger partial charge in [-0.15, -0.1) is 0 Å². The first-order valence-electron chi connectivity index (χ1n) is 10.1. The molecule has 3 aromatic rings. The second-order valence-corrected chi connectivity index (χ2v) is 8.03. The van der Waals surface area contributed by atoms with Crippen molar-refractivity contribution in [1.82, 2.24) is 9.55 Å². The minimum Gasteiger partial charge on any atom is -0.456 e. The molecule has 0 spiro atoms. The summed E-state index contributed by atoms with van der Waals surface area (Å²) in [5.74, 6) is -0.407. The van der Waals surface area contributed by atoms with Crippen molar-refractivity contribution >= 4 is 40.1 Å². The first kappa shape index (κ1) is 21.1. The van der Waals surface area contributed by atoms with Gasteiger partial charge in [0.2, 0.25) is 0 Å². The topological polar surface area (TPSA) is 90.3 Å². The van der Waals surface area contributed by atoms with Gasteiger partial charge < -0.3 is 10.1 Å². The van der Waals surface area contributed by atoms with Crippen LogP contribution in [0.2, 0.25) is 5.02 Å². The Kier molecular flexibility index (Phi) is 6.04. The average molecular weight is 440 g/mol. The van der Waals surface area contributed by atoms with E-state index in [1.54, 1.807) is 34.9 Å². The number of nitrogens with one attached hydrogen (secondary N) is 1. The summed E-state index contributed by atoms with van der Waals surface area (Å²) in [5, 5.41) is 3.76. The molecular weight excluding hydrogens is 418 g/mol. The zero-order valence-electron chi connectivity index (χ0n) is 17.1. The van der Waals surface area contributed by atoms with Crippen LogP contribution in [-0.2, 0) is 20.7 Å². The number of ether oxygens (including phenoxy) is 1. The summed E-state index contributed by atoms with van der Waals surface area (Å²) in [5.41, 5.74) is 1.97. The van der Waals surface area contributed by atoms with Crippen LogP contribution in [0.25, 0.3) is 10.9 Å². The summed E-state index contributed by atoms with van der Waals surface area (Å²) in [7, 11) is 0. The van der Waals surface area contributed by atoms with Crippen LogP contribution in [0.4, 0.5) is 5.69 Å². The van der Waals surface area contributed by atoms with Gasteiger partial charge in [0.1, 0.15) is 5.82 Å². The summed E-state index contributed by atoms with van der Waals surface area (Å²) in [6.07, 6.45) is 2.16. The highest BCUT2D eigenvalue weighted by atomic mass is 35.5. The van der Waals surface area contributed by atoms with Crippen molar-refractivity contribution in [2.75, 3.05) is 11.9 Å². The lowest BCUT2D eigenvalue weighted by Crippen LogP contribution is -2.25. The Morgan fingerprint density at radius 2 is 2.00 bits per heavy atom. The molecule has 2 aromatic carbocycles. The minimum atomic E-state index is -0.526. The van der Waals surface area contributed by atoms with Crippen LogP contribution in [-0.4, -0.2) is 28.0 Å². The maximum atomic E-state index is 12.9. The molecule has 1 heterocycles. The van der Waals surface area contributed by atoms with Gasteiger partial charge in [0.15, 0.2) is 6.61 Å². The smallest absolute Gasteiger partial charge is 0.306 e. The molecular formula is C23H22ClN3O4. The molecule has 1 saturated carbocycles. The van der Waals surface area contributed by atoms with Crippen LogP contribution in [0.15, 0.2) is 47.3 Å². The zero-order valence-corrected chi connectivity index (χ0v) is 17.8. The van der Waals surface area contributed by atoms with E-state index in [2.05, 4.69) is 10.3 Å². The summed E-state index contributed by atoms with van der Waals surface area (Å²) >= 11 is 6.04. The van der Waals surface area contributed by atoms with Crippen LogP contribution < -0.4 is 10.9 Å². The van der Waals surface area contributed by atoms with Crippen molar-refractivity contribution in [3.63, 3.8) is 0 Å². The van der Waals surface area contributed by atoms with Crippen LogP contribution >= 0.6 is 11.6 Å². The molecule has 1 N–H and O–H groups in total. The van der Waals surface area contributed by atoms with Gasteiger partial charge in [-0.25, -0.2) is 4.98 Å². The molecule has 0 aliphatic heterocycles. The van der Waals surface area contributed by atoms with Crippen molar-refractivity contribution in [2.24, 2.45) is 0 Å². The van der Waals surface area contributed by atoms with Crippen LogP contribution in [0.1, 0.15) is 36.7 Å². The van der Waals surface area contributed by atoms with Gasteiger partial charge in [-0.2, -0.15) is 0 Å². The van der Waals surface area contributed by atoms with Crippen LogP contribution in [0, 0.1) is 6.92 Å². The van der Waals surface area contributed by atoms with Gasteiger partial charge in [0.25, 0.3) is 11.5 Å². The number of carbonyl (C=O) groups excluding carboxylic acids is 2. The molecule has 1 amide bonds. The van der Waals surface area contributed by atoms with Crippen molar-refractivity contribution in [2.45, 2.75) is 38.6 Å². The second kappa shape index (κ2) is 8.89. The van der Waals surface area contributed by atoms with Gasteiger partial charge in [-0.3, -0.25) is 19.0 Å². The molecule has 4 rings (SSSR count). The van der Waals surface area contributed by atoms with Gasteiger partial charge in [0, 0.05) is 23.2 Å². The van der Waals surface area contributed by atoms with E-state index in [0.717, 1.165) is 18.4 Å². The normalized spacial score (nSPS) is 13.2. The molecule has 1 aromatic heterocycles. The quantitative estimate of drug-likeness (QED) is 0.565. The van der Waals surface area contributed by atoms with E-state index in [1.165, 1.54) is 0 Å². The monoisotopic (exact) mass is 439 g/mol. The number of carbonyl (C=O) groups is 2. The van der Waals surface area contributed by atoms with E-state index in [9.17, 15) is 14.4 Å². The maximum Gasteiger partial charge on any atom is 0.306 e. The highest BCUT2D eigenvalue weighted by Gasteiger charge is 2.28. The fourth-order valence-corrected chi connectivity index (χ4v) is 3.56. The zero-order chi connectivity index (χ0) is 22.0. The molecule has 7 nitrogen and oxygen atoms in total. The lowest BCUT2D eigenvalue weighted by molar-refractivity contribution is -0.147. The molecule has 0 bridgehead atoms. The Labute approximate surface area is 184 Å². The molecule has 1 aliphatic rings. The predicted molar refractivity (Wildman–Crippen MR) is 118 cm³/mol. The third kappa shape index (κ3) is 4.94. The van der Waals surface area contributed by atoms with E-state index in [1.807, 2.05) is 19.1 Å². The highest BCUT2D eigenvalue weighted by molar-refractivity contribution is 6.31. The molecule has 0 radical (unpaired) electrons. The summed E-state index contributed by atoms with van der Waals surface area (Å²) < 4.78 is 6.78. The third-order valence-electron chi connectivity index (χ3n) is 5.17. The lowest BCUT2D eigenvalue weighted by atomic mass is 10.2. The third-order valence-corrected chi connectivity index (χ3v) is 5.57. The average Bonchev–Trinajstić information content (AvgIpc) is 3.58. The Balaban J connectivity index is 1.36. The first-order valence-corrected chi connectivity index (χ1v) is 10.5. The number of amides is 1.